The van der Waals surface area contributed by atoms with Crippen molar-refractivity contribution in [1.82, 2.24) is 10.3 Å². The van der Waals surface area contributed by atoms with Crippen LogP contribution in [0.25, 0.3) is 0 Å². The third-order valence-electron chi connectivity index (χ3n) is 5.80. The molecule has 0 amide bonds. The van der Waals surface area contributed by atoms with Gasteiger partial charge in [0.15, 0.2) is 11.6 Å². The molecule has 1 aromatic heterocycles. The van der Waals surface area contributed by atoms with Crippen molar-refractivity contribution in [2.75, 3.05) is 0 Å². The van der Waals surface area contributed by atoms with Crippen molar-refractivity contribution in [1.29, 1.82) is 0 Å². The van der Waals surface area contributed by atoms with Crippen LogP contribution >= 0.6 is 11.6 Å². The molecule has 1 aromatic rings. The highest BCUT2D eigenvalue weighted by Crippen LogP contribution is 2.50. The molecule has 1 N–H and O–H groups in total. The van der Waals surface area contributed by atoms with Crippen molar-refractivity contribution >= 4 is 23.2 Å². The summed E-state index contributed by atoms with van der Waals surface area (Å²) in [6.45, 7) is 8.48. The van der Waals surface area contributed by atoms with Crippen LogP contribution in [0, 0.1) is 10.8 Å². The molecule has 0 fully saturated rings. The van der Waals surface area contributed by atoms with E-state index in [4.69, 9.17) is 11.6 Å². The van der Waals surface area contributed by atoms with Crippen LogP contribution in [-0.2, 0) is 9.59 Å². The quantitative estimate of drug-likeness (QED) is 0.712. The predicted octanol–water partition coefficient (Wildman–Crippen LogP) is 4.71. The summed E-state index contributed by atoms with van der Waals surface area (Å²) in [7, 11) is 0. The zero-order valence-electron chi connectivity index (χ0n) is 16.3. The third kappa shape index (κ3) is 3.25. The van der Waals surface area contributed by atoms with Crippen LogP contribution < -0.4 is 5.32 Å². The smallest absolute Gasteiger partial charge is 0.162 e. The molecule has 0 radical (unpaired) electrons. The van der Waals surface area contributed by atoms with Crippen LogP contribution in [0.4, 0.5) is 0 Å². The first-order valence-corrected chi connectivity index (χ1v) is 9.85. The molecule has 0 saturated heterocycles. The van der Waals surface area contributed by atoms with Gasteiger partial charge in [0.2, 0.25) is 0 Å². The number of dihydropyridines is 1. The van der Waals surface area contributed by atoms with E-state index in [1.54, 1.807) is 12.3 Å². The number of Topliss-reactive ketones (excluding diaryl/α,β-unsaturated/α-hetero) is 2. The molecule has 0 bridgehead atoms. The maximum Gasteiger partial charge on any atom is 0.162 e. The average Bonchev–Trinajstić information content (AvgIpc) is 2.51. The largest absolute Gasteiger partial charge is 0.362 e. The van der Waals surface area contributed by atoms with E-state index in [1.807, 2.05) is 6.07 Å². The molecule has 3 aliphatic rings. The summed E-state index contributed by atoms with van der Waals surface area (Å²) in [5.41, 5.74) is 4.12. The summed E-state index contributed by atoms with van der Waals surface area (Å²) in [5.74, 6) is -0.0935. The van der Waals surface area contributed by atoms with Crippen molar-refractivity contribution < 1.29 is 9.59 Å². The molecule has 0 atom stereocenters. The van der Waals surface area contributed by atoms with Gasteiger partial charge in [-0.2, -0.15) is 0 Å². The van der Waals surface area contributed by atoms with E-state index in [9.17, 15) is 9.59 Å². The zero-order valence-corrected chi connectivity index (χ0v) is 17.0. The topological polar surface area (TPSA) is 59.1 Å². The Morgan fingerprint density at radius 3 is 1.89 bits per heavy atom. The van der Waals surface area contributed by atoms with Gasteiger partial charge in [-0.25, -0.2) is 4.98 Å². The number of halogens is 1. The highest BCUT2D eigenvalue weighted by atomic mass is 35.5. The van der Waals surface area contributed by atoms with Crippen molar-refractivity contribution in [2.45, 2.75) is 59.3 Å². The number of hydrogen-bond donors (Lipinski definition) is 1. The monoisotopic (exact) mass is 384 g/mol. The van der Waals surface area contributed by atoms with Crippen molar-refractivity contribution in [3.63, 3.8) is 0 Å². The van der Waals surface area contributed by atoms with Gasteiger partial charge in [-0.1, -0.05) is 45.4 Å². The van der Waals surface area contributed by atoms with E-state index in [0.717, 1.165) is 40.9 Å². The molecule has 2 heterocycles. The van der Waals surface area contributed by atoms with E-state index in [0.29, 0.717) is 18.0 Å². The Morgan fingerprint density at radius 2 is 1.44 bits per heavy atom. The van der Waals surface area contributed by atoms with Gasteiger partial charge >= 0.3 is 0 Å². The van der Waals surface area contributed by atoms with Gasteiger partial charge in [0.25, 0.3) is 0 Å². The van der Waals surface area contributed by atoms with Gasteiger partial charge in [-0.3, -0.25) is 9.59 Å². The Bertz CT molecular complexity index is 855. The minimum absolute atomic E-state index is 0.0853. The second-order valence-corrected chi connectivity index (χ2v) is 10.0. The maximum atomic E-state index is 13.1. The van der Waals surface area contributed by atoms with E-state index in [2.05, 4.69) is 38.0 Å². The number of carbonyl (C=O) groups excluding carboxylic acids is 2. The lowest BCUT2D eigenvalue weighted by atomic mass is 9.64. The molecule has 0 saturated carbocycles. The summed E-state index contributed by atoms with van der Waals surface area (Å²) in [5, 5.41) is 3.92. The summed E-state index contributed by atoms with van der Waals surface area (Å²) in [6.07, 6.45) is 4.29. The SMILES string of the molecule is CC1(C)CC(=O)C2=C(C1)NC1=C(C(=O)CC(C)(C)C1)C2c1ccc(Cl)nc1. The normalized spacial score (nSPS) is 24.5. The molecule has 0 unspecified atom stereocenters. The molecular weight excluding hydrogens is 360 g/mol. The van der Waals surface area contributed by atoms with Crippen LogP contribution in [0.15, 0.2) is 40.9 Å². The van der Waals surface area contributed by atoms with Crippen LogP contribution in [-0.4, -0.2) is 16.6 Å². The number of carbonyl (C=O) groups is 2. The predicted molar refractivity (Wildman–Crippen MR) is 105 cm³/mol. The second-order valence-electron chi connectivity index (χ2n) is 9.64. The average molecular weight is 385 g/mol. The van der Waals surface area contributed by atoms with Crippen LogP contribution in [0.5, 0.6) is 0 Å². The van der Waals surface area contributed by atoms with Crippen molar-refractivity contribution in [3.8, 4) is 0 Å². The number of allylic oxidation sites excluding steroid dienone is 4. The molecule has 27 heavy (non-hydrogen) atoms. The number of pyridine rings is 1. The third-order valence-corrected chi connectivity index (χ3v) is 6.03. The second kappa shape index (κ2) is 6.03. The lowest BCUT2D eigenvalue weighted by Crippen LogP contribution is -2.42. The first kappa shape index (κ1) is 18.4. The number of nitrogens with zero attached hydrogens (tertiary/aromatic N) is 1. The van der Waals surface area contributed by atoms with Gasteiger partial charge in [0, 0.05) is 47.5 Å². The Labute approximate surface area is 165 Å². The first-order chi connectivity index (χ1) is 12.6. The molecule has 142 valence electrons. The van der Waals surface area contributed by atoms with Gasteiger partial charge in [-0.05, 0) is 35.3 Å². The van der Waals surface area contributed by atoms with Gasteiger partial charge < -0.3 is 5.32 Å². The molecular formula is C22H25ClN2O2. The fourth-order valence-electron chi connectivity index (χ4n) is 4.78. The minimum atomic E-state index is -0.340. The van der Waals surface area contributed by atoms with Gasteiger partial charge in [0.05, 0.1) is 0 Å². The van der Waals surface area contributed by atoms with Crippen LogP contribution in [0.1, 0.15) is 64.9 Å². The molecule has 2 aliphatic carbocycles. The van der Waals surface area contributed by atoms with E-state index >= 15 is 0 Å². The highest BCUT2D eigenvalue weighted by Gasteiger charge is 2.46. The molecule has 4 nitrogen and oxygen atoms in total. The molecule has 4 rings (SSSR count). The highest BCUT2D eigenvalue weighted by molar-refractivity contribution is 6.29. The molecule has 1 aliphatic heterocycles. The zero-order chi connectivity index (χ0) is 19.6. The summed E-state index contributed by atoms with van der Waals surface area (Å²) in [6, 6.07) is 3.62. The Morgan fingerprint density at radius 1 is 0.926 bits per heavy atom. The summed E-state index contributed by atoms with van der Waals surface area (Å²) in [4.78, 5) is 30.5. The fourth-order valence-corrected chi connectivity index (χ4v) is 4.89. The van der Waals surface area contributed by atoms with E-state index < -0.39 is 0 Å². The summed E-state index contributed by atoms with van der Waals surface area (Å²) < 4.78 is 0. The van der Waals surface area contributed by atoms with Gasteiger partial charge in [-0.15, -0.1) is 0 Å². The number of ketones is 2. The van der Waals surface area contributed by atoms with Gasteiger partial charge in [0.1, 0.15) is 5.15 Å². The van der Waals surface area contributed by atoms with Crippen LogP contribution in [0.2, 0.25) is 5.15 Å². The maximum absolute atomic E-state index is 13.1. The summed E-state index contributed by atoms with van der Waals surface area (Å²) >= 11 is 5.98. The lowest BCUT2D eigenvalue weighted by molar-refractivity contribution is -0.119. The standard InChI is InChI=1S/C22H25ClN2O2/c1-21(2)7-13-19(15(26)9-21)18(12-5-6-17(23)24-11-12)20-14(25-13)8-22(3,4)10-16(20)27/h5-6,11,18,25H,7-10H2,1-4H3. The Kier molecular flexibility index (Phi) is 4.12. The molecule has 5 heteroatoms. The van der Waals surface area contributed by atoms with E-state index in [-0.39, 0.29) is 28.3 Å². The lowest BCUT2D eigenvalue weighted by Gasteiger charge is -2.43. The van der Waals surface area contributed by atoms with Crippen LogP contribution in [0.3, 0.4) is 0 Å². The van der Waals surface area contributed by atoms with Crippen molar-refractivity contribution in [3.05, 3.63) is 51.6 Å². The van der Waals surface area contributed by atoms with Crippen molar-refractivity contribution in [2.24, 2.45) is 10.8 Å². The fraction of sp³-hybridized carbons (Fsp3) is 0.500. The van der Waals surface area contributed by atoms with E-state index in [1.165, 1.54) is 0 Å². The Hall–Kier alpha value is -1.94. The number of aromatic nitrogens is 1. The minimum Gasteiger partial charge on any atom is -0.362 e. The number of hydrogen-bond acceptors (Lipinski definition) is 4. The first-order valence-electron chi connectivity index (χ1n) is 9.47. The molecule has 0 spiro atoms. The molecule has 0 aromatic carbocycles. The number of rotatable bonds is 1. The Balaban J connectivity index is 1.90. The number of nitrogens with one attached hydrogen (secondary N) is 1.